The molecule has 1 aromatic carbocycles. The number of carbonyl (C=O) groups excluding carboxylic acids is 1. The van der Waals surface area contributed by atoms with Crippen LogP contribution in [0.4, 0.5) is 4.39 Å². The molecule has 0 spiro atoms. The lowest BCUT2D eigenvalue weighted by Gasteiger charge is -2.07. The van der Waals surface area contributed by atoms with Crippen molar-refractivity contribution in [3.8, 4) is 5.75 Å². The number of ether oxygens (including phenoxy) is 1. The Balaban J connectivity index is 2.04. The topological polar surface area (TPSA) is 44.1 Å². The molecule has 21 heavy (non-hydrogen) atoms. The second kappa shape index (κ2) is 5.36. The molecule has 0 N–H and O–H groups in total. The highest BCUT2D eigenvalue weighted by Crippen LogP contribution is 2.21. The second-order valence-electron chi connectivity index (χ2n) is 4.66. The molecule has 0 aliphatic rings. The normalized spacial score (nSPS) is 10.8. The van der Waals surface area contributed by atoms with Gasteiger partial charge in [-0.2, -0.15) is 0 Å². The third kappa shape index (κ3) is 2.38. The number of rotatable bonds is 4. The number of carbonyl (C=O) groups is 1. The molecule has 106 valence electrons. The number of pyridine rings is 1. The maximum atomic E-state index is 14.0. The lowest BCUT2D eigenvalue weighted by molar-refractivity contribution is 0.112. The van der Waals surface area contributed by atoms with Gasteiger partial charge >= 0.3 is 0 Å². The minimum atomic E-state index is -0.347. The number of hydrogen-bond acceptors (Lipinski definition) is 3. The van der Waals surface area contributed by atoms with E-state index in [-0.39, 0.29) is 5.82 Å². The van der Waals surface area contributed by atoms with Crippen molar-refractivity contribution in [3.63, 3.8) is 0 Å². The van der Waals surface area contributed by atoms with Crippen LogP contribution in [0.1, 0.15) is 15.9 Å². The molecular weight excluding hydrogens is 271 g/mol. The fourth-order valence-electron chi connectivity index (χ4n) is 2.33. The zero-order chi connectivity index (χ0) is 14.8. The standard InChI is InChI=1S/C16H13FN2O2/c1-21-13-5-4-11(15(17)7-13)8-19-9-12(10-20)14-3-2-6-18-16(14)19/h2-7,9-10H,8H2,1H3. The van der Waals surface area contributed by atoms with E-state index in [2.05, 4.69) is 4.98 Å². The zero-order valence-electron chi connectivity index (χ0n) is 11.4. The van der Waals surface area contributed by atoms with Gasteiger partial charge in [0.05, 0.1) is 13.7 Å². The molecule has 2 heterocycles. The molecule has 0 aliphatic carbocycles. The summed E-state index contributed by atoms with van der Waals surface area (Å²) in [6.07, 6.45) is 4.12. The van der Waals surface area contributed by atoms with Gasteiger partial charge in [0.1, 0.15) is 17.2 Å². The highest BCUT2D eigenvalue weighted by atomic mass is 19.1. The Hall–Kier alpha value is -2.69. The minimum absolute atomic E-state index is 0.303. The largest absolute Gasteiger partial charge is 0.497 e. The predicted molar refractivity (Wildman–Crippen MR) is 77.2 cm³/mol. The third-order valence-electron chi connectivity index (χ3n) is 3.39. The Bertz CT molecular complexity index is 811. The number of hydrogen-bond donors (Lipinski definition) is 0. The smallest absolute Gasteiger partial charge is 0.152 e. The number of benzene rings is 1. The molecule has 0 bridgehead atoms. The molecule has 3 rings (SSSR count). The van der Waals surface area contributed by atoms with Crippen molar-refractivity contribution in [2.24, 2.45) is 0 Å². The second-order valence-corrected chi connectivity index (χ2v) is 4.66. The van der Waals surface area contributed by atoms with Crippen molar-refractivity contribution in [3.05, 3.63) is 59.7 Å². The SMILES string of the molecule is COc1ccc(Cn2cc(C=O)c3cccnc32)c(F)c1. The van der Waals surface area contributed by atoms with Crippen molar-refractivity contribution in [1.29, 1.82) is 0 Å². The van der Waals surface area contributed by atoms with Gasteiger partial charge in [-0.05, 0) is 18.2 Å². The van der Waals surface area contributed by atoms with Crippen LogP contribution in [0.25, 0.3) is 11.0 Å². The van der Waals surface area contributed by atoms with E-state index in [1.54, 1.807) is 35.2 Å². The lowest BCUT2D eigenvalue weighted by Crippen LogP contribution is -2.02. The lowest BCUT2D eigenvalue weighted by atomic mass is 10.2. The van der Waals surface area contributed by atoms with Crippen LogP contribution in [-0.2, 0) is 6.54 Å². The summed E-state index contributed by atoms with van der Waals surface area (Å²) in [7, 11) is 1.49. The molecule has 4 nitrogen and oxygen atoms in total. The Labute approximate surface area is 120 Å². The molecule has 0 saturated heterocycles. The predicted octanol–water partition coefficient (Wildman–Crippen LogP) is 3.04. The minimum Gasteiger partial charge on any atom is -0.497 e. The monoisotopic (exact) mass is 284 g/mol. The first-order chi connectivity index (χ1) is 10.2. The quantitative estimate of drug-likeness (QED) is 0.692. The first kappa shape index (κ1) is 13.3. The van der Waals surface area contributed by atoms with E-state index < -0.39 is 0 Å². The molecule has 0 saturated carbocycles. The molecule has 0 aliphatic heterocycles. The highest BCUT2D eigenvalue weighted by molar-refractivity contribution is 5.95. The van der Waals surface area contributed by atoms with Gasteiger partial charge in [-0.1, -0.05) is 6.07 Å². The highest BCUT2D eigenvalue weighted by Gasteiger charge is 2.11. The Kier molecular flexibility index (Phi) is 3.39. The van der Waals surface area contributed by atoms with Crippen LogP contribution >= 0.6 is 0 Å². The number of fused-ring (bicyclic) bond motifs is 1. The van der Waals surface area contributed by atoms with Crippen LogP contribution in [-0.4, -0.2) is 22.9 Å². The third-order valence-corrected chi connectivity index (χ3v) is 3.39. The van der Waals surface area contributed by atoms with Crippen LogP contribution < -0.4 is 4.74 Å². The molecule has 0 atom stereocenters. The summed E-state index contributed by atoms with van der Waals surface area (Å²) < 4.78 is 20.8. The van der Waals surface area contributed by atoms with Gasteiger partial charge in [0.15, 0.2) is 6.29 Å². The molecule has 5 heteroatoms. The number of nitrogens with zero attached hydrogens (tertiary/aromatic N) is 2. The fourth-order valence-corrected chi connectivity index (χ4v) is 2.33. The van der Waals surface area contributed by atoms with Gasteiger partial charge in [-0.15, -0.1) is 0 Å². The number of methoxy groups -OCH3 is 1. The Morgan fingerprint density at radius 2 is 2.24 bits per heavy atom. The van der Waals surface area contributed by atoms with Crippen molar-refractivity contribution < 1.29 is 13.9 Å². The van der Waals surface area contributed by atoms with E-state index in [1.807, 2.05) is 6.07 Å². The maximum absolute atomic E-state index is 14.0. The van der Waals surface area contributed by atoms with E-state index in [0.29, 0.717) is 29.1 Å². The number of aldehydes is 1. The molecule has 0 unspecified atom stereocenters. The average Bonchev–Trinajstić information content (AvgIpc) is 2.87. The summed E-state index contributed by atoms with van der Waals surface area (Å²) in [6.45, 7) is 0.303. The molecule has 3 aromatic rings. The van der Waals surface area contributed by atoms with Crippen LogP contribution in [0.2, 0.25) is 0 Å². The van der Waals surface area contributed by atoms with E-state index in [1.165, 1.54) is 13.2 Å². The number of aromatic nitrogens is 2. The Morgan fingerprint density at radius 1 is 1.38 bits per heavy atom. The van der Waals surface area contributed by atoms with Gasteiger partial charge in [-0.3, -0.25) is 4.79 Å². The summed E-state index contributed by atoms with van der Waals surface area (Å²) in [4.78, 5) is 15.4. The Morgan fingerprint density at radius 3 is 2.95 bits per heavy atom. The van der Waals surface area contributed by atoms with Crippen LogP contribution in [0.15, 0.2) is 42.7 Å². The summed E-state index contributed by atoms with van der Waals surface area (Å²) in [5, 5.41) is 0.765. The maximum Gasteiger partial charge on any atom is 0.152 e. The van der Waals surface area contributed by atoms with Crippen LogP contribution in [0.3, 0.4) is 0 Å². The van der Waals surface area contributed by atoms with Crippen molar-refractivity contribution in [2.45, 2.75) is 6.54 Å². The number of halogens is 1. The van der Waals surface area contributed by atoms with Crippen molar-refractivity contribution in [1.82, 2.24) is 9.55 Å². The molecule has 0 radical (unpaired) electrons. The van der Waals surface area contributed by atoms with E-state index >= 15 is 0 Å². The molecular formula is C16H13FN2O2. The van der Waals surface area contributed by atoms with Crippen LogP contribution in [0, 0.1) is 5.82 Å². The van der Waals surface area contributed by atoms with Gasteiger partial charge in [-0.25, -0.2) is 9.37 Å². The van der Waals surface area contributed by atoms with Gasteiger partial charge in [0.2, 0.25) is 0 Å². The summed E-state index contributed by atoms with van der Waals surface area (Å²) >= 11 is 0. The summed E-state index contributed by atoms with van der Waals surface area (Å²) in [6, 6.07) is 8.32. The van der Waals surface area contributed by atoms with E-state index in [0.717, 1.165) is 11.7 Å². The average molecular weight is 284 g/mol. The summed E-state index contributed by atoms with van der Waals surface area (Å²) in [5.41, 5.74) is 1.72. The van der Waals surface area contributed by atoms with Gasteiger partial charge in [0.25, 0.3) is 0 Å². The first-order valence-electron chi connectivity index (χ1n) is 6.44. The zero-order valence-corrected chi connectivity index (χ0v) is 11.4. The van der Waals surface area contributed by atoms with Crippen molar-refractivity contribution >= 4 is 17.3 Å². The molecule has 0 amide bonds. The summed E-state index contributed by atoms with van der Waals surface area (Å²) in [5.74, 6) is 0.125. The fraction of sp³-hybridized carbons (Fsp3) is 0.125. The molecule has 2 aromatic heterocycles. The first-order valence-corrected chi connectivity index (χ1v) is 6.44. The van der Waals surface area contributed by atoms with Gasteiger partial charge in [0, 0.05) is 35.0 Å². The van der Waals surface area contributed by atoms with Crippen molar-refractivity contribution in [2.75, 3.05) is 7.11 Å². The van der Waals surface area contributed by atoms with E-state index in [4.69, 9.17) is 4.74 Å². The molecule has 0 fully saturated rings. The van der Waals surface area contributed by atoms with Gasteiger partial charge < -0.3 is 9.30 Å². The van der Waals surface area contributed by atoms with Crippen LogP contribution in [0.5, 0.6) is 5.75 Å². The van der Waals surface area contributed by atoms with E-state index in [9.17, 15) is 9.18 Å².